The first-order chi connectivity index (χ1) is 20.0. The number of hydrogen-bond donors (Lipinski definition) is 1. The van der Waals surface area contributed by atoms with E-state index < -0.39 is 0 Å². The summed E-state index contributed by atoms with van der Waals surface area (Å²) in [5.74, 6) is 0.841. The van der Waals surface area contributed by atoms with E-state index in [-0.39, 0.29) is 11.8 Å². The maximum atomic E-state index is 13.5. The molecule has 0 aliphatic carbocycles. The number of nitrogens with zero attached hydrogens (tertiary/aromatic N) is 4. The number of fused-ring (bicyclic) bond motifs is 1. The van der Waals surface area contributed by atoms with Gasteiger partial charge in [-0.3, -0.25) is 9.59 Å². The molecule has 7 nitrogen and oxygen atoms in total. The Morgan fingerprint density at radius 3 is 2.27 bits per heavy atom. The highest BCUT2D eigenvalue weighted by molar-refractivity contribution is 6.30. The molecule has 2 aliphatic heterocycles. The summed E-state index contributed by atoms with van der Waals surface area (Å²) in [7, 11) is 0. The highest BCUT2D eigenvalue weighted by Crippen LogP contribution is 2.33. The van der Waals surface area contributed by atoms with Crippen LogP contribution in [0, 0.1) is 6.92 Å². The second-order valence-corrected chi connectivity index (χ2v) is 11.0. The first-order valence-corrected chi connectivity index (χ1v) is 14.3. The molecule has 3 aromatic carbocycles. The predicted octanol–water partition coefficient (Wildman–Crippen LogP) is 5.74. The molecule has 1 aromatic heterocycles. The van der Waals surface area contributed by atoms with Crippen molar-refractivity contribution in [2.45, 2.75) is 13.5 Å². The summed E-state index contributed by atoms with van der Waals surface area (Å²) in [6.07, 6.45) is 1.86. The fraction of sp³-hybridized carbons (Fsp3) is 0.242. The van der Waals surface area contributed by atoms with E-state index in [1.54, 1.807) is 0 Å². The Hall–Kier alpha value is -4.36. The van der Waals surface area contributed by atoms with Crippen LogP contribution in [0.2, 0.25) is 5.02 Å². The molecule has 0 unspecified atom stereocenters. The molecule has 0 bridgehead atoms. The summed E-state index contributed by atoms with van der Waals surface area (Å²) in [4.78, 5) is 37.0. The molecule has 3 heterocycles. The fourth-order valence-electron chi connectivity index (χ4n) is 5.49. The van der Waals surface area contributed by atoms with E-state index >= 15 is 0 Å². The van der Waals surface area contributed by atoms with Gasteiger partial charge in [0, 0.05) is 73.7 Å². The third kappa shape index (κ3) is 5.77. The highest BCUT2D eigenvalue weighted by atomic mass is 35.5. The lowest BCUT2D eigenvalue weighted by molar-refractivity contribution is 0.0535. The Labute approximate surface area is 245 Å². The molecular formula is C33H32ClN5O2. The standard InChI is InChI=1S/C33H32ClN5O2/c1-23-10-11-29(34)19-28(23)22-39-13-12-35-31-30(39)20-27(21-36-31)25-8-5-9-26(18-25)33(41)38-16-14-37(15-17-38)32(40)24-6-3-2-4-7-24/h2-11,18-21H,12-17,22H2,1H3,(H,35,36). The minimum atomic E-state index is -0.0238. The van der Waals surface area contributed by atoms with Crippen LogP contribution in [0.3, 0.4) is 0 Å². The zero-order valence-corrected chi connectivity index (χ0v) is 23.8. The van der Waals surface area contributed by atoms with E-state index in [9.17, 15) is 9.59 Å². The van der Waals surface area contributed by atoms with Crippen molar-refractivity contribution in [3.63, 3.8) is 0 Å². The van der Waals surface area contributed by atoms with Gasteiger partial charge >= 0.3 is 0 Å². The van der Waals surface area contributed by atoms with Gasteiger partial charge in [0.25, 0.3) is 11.8 Å². The zero-order chi connectivity index (χ0) is 28.3. The maximum absolute atomic E-state index is 13.5. The smallest absolute Gasteiger partial charge is 0.253 e. The van der Waals surface area contributed by atoms with Crippen LogP contribution in [-0.2, 0) is 6.54 Å². The number of nitrogens with one attached hydrogen (secondary N) is 1. The number of halogens is 1. The molecule has 6 rings (SSSR count). The summed E-state index contributed by atoms with van der Waals surface area (Å²) in [6.45, 7) is 6.55. The maximum Gasteiger partial charge on any atom is 0.253 e. The minimum Gasteiger partial charge on any atom is -0.367 e. The van der Waals surface area contributed by atoms with Crippen molar-refractivity contribution in [1.82, 2.24) is 14.8 Å². The summed E-state index contributed by atoms with van der Waals surface area (Å²) < 4.78 is 0. The van der Waals surface area contributed by atoms with E-state index in [1.807, 2.05) is 82.7 Å². The van der Waals surface area contributed by atoms with Crippen LogP contribution in [0.1, 0.15) is 31.8 Å². The predicted molar refractivity (Wildman–Crippen MR) is 164 cm³/mol. The van der Waals surface area contributed by atoms with Crippen molar-refractivity contribution in [3.8, 4) is 11.1 Å². The number of rotatable bonds is 5. The fourth-order valence-corrected chi connectivity index (χ4v) is 5.68. The zero-order valence-electron chi connectivity index (χ0n) is 23.0. The van der Waals surface area contributed by atoms with Gasteiger partial charge in [-0.15, -0.1) is 0 Å². The Morgan fingerprint density at radius 2 is 1.51 bits per heavy atom. The molecule has 208 valence electrons. The summed E-state index contributed by atoms with van der Waals surface area (Å²) in [5, 5.41) is 4.14. The molecule has 1 N–H and O–H groups in total. The van der Waals surface area contributed by atoms with Crippen LogP contribution in [-0.4, -0.2) is 65.9 Å². The van der Waals surface area contributed by atoms with E-state index in [0.717, 1.165) is 47.3 Å². The third-order valence-corrected chi connectivity index (χ3v) is 8.11. The van der Waals surface area contributed by atoms with Crippen molar-refractivity contribution < 1.29 is 9.59 Å². The van der Waals surface area contributed by atoms with Gasteiger partial charge in [-0.25, -0.2) is 4.98 Å². The molecule has 0 radical (unpaired) electrons. The first kappa shape index (κ1) is 26.8. The molecule has 1 fully saturated rings. The van der Waals surface area contributed by atoms with Crippen molar-refractivity contribution in [1.29, 1.82) is 0 Å². The van der Waals surface area contributed by atoms with E-state index in [1.165, 1.54) is 11.1 Å². The molecule has 41 heavy (non-hydrogen) atoms. The second kappa shape index (κ2) is 11.6. The lowest BCUT2D eigenvalue weighted by atomic mass is 10.0. The van der Waals surface area contributed by atoms with Gasteiger partial charge in [0.2, 0.25) is 0 Å². The van der Waals surface area contributed by atoms with E-state index in [4.69, 9.17) is 16.6 Å². The van der Waals surface area contributed by atoms with E-state index in [2.05, 4.69) is 29.3 Å². The number of piperazine rings is 1. The molecule has 2 aliphatic rings. The van der Waals surface area contributed by atoms with Crippen molar-refractivity contribution in [2.75, 3.05) is 49.5 Å². The number of carbonyl (C=O) groups is 2. The van der Waals surface area contributed by atoms with Crippen LogP contribution in [0.15, 0.2) is 85.1 Å². The Kier molecular flexibility index (Phi) is 7.61. The Balaban J connectivity index is 1.17. The molecule has 1 saturated heterocycles. The van der Waals surface area contributed by atoms with Gasteiger partial charge in [0.1, 0.15) is 5.82 Å². The van der Waals surface area contributed by atoms with E-state index in [0.29, 0.717) is 37.3 Å². The van der Waals surface area contributed by atoms with Crippen LogP contribution in [0.25, 0.3) is 11.1 Å². The van der Waals surface area contributed by atoms with Crippen molar-refractivity contribution >= 4 is 34.9 Å². The molecular weight excluding hydrogens is 534 g/mol. The molecule has 0 atom stereocenters. The average Bonchev–Trinajstić information content (AvgIpc) is 3.02. The molecule has 0 spiro atoms. The Morgan fingerprint density at radius 1 is 0.805 bits per heavy atom. The van der Waals surface area contributed by atoms with Gasteiger partial charge in [0.05, 0.1) is 5.69 Å². The molecule has 2 amide bonds. The van der Waals surface area contributed by atoms with Crippen LogP contribution >= 0.6 is 11.6 Å². The number of aryl methyl sites for hydroxylation is 1. The topological polar surface area (TPSA) is 68.8 Å². The van der Waals surface area contributed by atoms with Crippen LogP contribution in [0.4, 0.5) is 11.5 Å². The van der Waals surface area contributed by atoms with Gasteiger partial charge < -0.3 is 20.0 Å². The summed E-state index contributed by atoms with van der Waals surface area (Å²) >= 11 is 6.29. The summed E-state index contributed by atoms with van der Waals surface area (Å²) in [5.41, 5.74) is 6.62. The average molecular weight is 566 g/mol. The summed E-state index contributed by atoms with van der Waals surface area (Å²) in [6, 6.07) is 25.2. The van der Waals surface area contributed by atoms with Gasteiger partial charge in [-0.05, 0) is 66.1 Å². The SMILES string of the molecule is Cc1ccc(Cl)cc1CN1CCNc2ncc(-c3cccc(C(=O)N4CCN(C(=O)c5ccccc5)CC4)c3)cc21. The second-order valence-electron chi connectivity index (χ2n) is 10.5. The Bertz CT molecular complexity index is 1580. The minimum absolute atomic E-state index is 0.00802. The van der Waals surface area contributed by atoms with Crippen LogP contribution in [0.5, 0.6) is 0 Å². The lowest BCUT2D eigenvalue weighted by Gasteiger charge is -2.35. The largest absolute Gasteiger partial charge is 0.367 e. The monoisotopic (exact) mass is 565 g/mol. The van der Waals surface area contributed by atoms with Gasteiger partial charge in [0.15, 0.2) is 0 Å². The highest BCUT2D eigenvalue weighted by Gasteiger charge is 2.26. The van der Waals surface area contributed by atoms with Crippen molar-refractivity contribution in [3.05, 3.63) is 112 Å². The third-order valence-electron chi connectivity index (χ3n) is 7.87. The number of amides is 2. The van der Waals surface area contributed by atoms with Crippen molar-refractivity contribution in [2.24, 2.45) is 0 Å². The first-order valence-electron chi connectivity index (χ1n) is 13.9. The lowest BCUT2D eigenvalue weighted by Crippen LogP contribution is -2.50. The molecule has 8 heteroatoms. The number of hydrogen-bond acceptors (Lipinski definition) is 5. The number of aromatic nitrogens is 1. The van der Waals surface area contributed by atoms with Gasteiger partial charge in [-0.2, -0.15) is 0 Å². The molecule has 4 aromatic rings. The molecule has 0 saturated carbocycles. The number of benzene rings is 3. The van der Waals surface area contributed by atoms with Gasteiger partial charge in [-0.1, -0.05) is 48.0 Å². The number of pyridine rings is 1. The number of carbonyl (C=O) groups excluding carboxylic acids is 2. The van der Waals surface area contributed by atoms with Crippen LogP contribution < -0.4 is 10.2 Å². The quantitative estimate of drug-likeness (QED) is 0.334. The normalized spacial score (nSPS) is 14.8. The number of anilines is 2.